The van der Waals surface area contributed by atoms with Gasteiger partial charge in [-0.25, -0.2) is 9.37 Å². The number of H-pyrrole nitrogens is 1. The molecule has 1 aliphatic heterocycles. The second kappa shape index (κ2) is 6.88. The normalized spacial score (nSPS) is 17.6. The number of hydrogen-bond acceptors (Lipinski definition) is 3. The number of nitrogens with one attached hydrogen (secondary N) is 2. The Balaban J connectivity index is 1.71. The van der Waals surface area contributed by atoms with Crippen molar-refractivity contribution in [3.05, 3.63) is 65.2 Å². The summed E-state index contributed by atoms with van der Waals surface area (Å²) >= 11 is 0. The molecule has 1 atom stereocenters. The fourth-order valence-electron chi connectivity index (χ4n) is 3.55. The monoisotopic (exact) mass is 352 g/mol. The molecule has 1 saturated heterocycles. The number of benzene rings is 2. The first-order chi connectivity index (χ1) is 12.7. The van der Waals surface area contributed by atoms with Crippen molar-refractivity contribution < 1.29 is 9.18 Å². The van der Waals surface area contributed by atoms with Gasteiger partial charge in [-0.2, -0.15) is 0 Å². The van der Waals surface area contributed by atoms with E-state index in [2.05, 4.69) is 46.5 Å². The number of aromatic amines is 1. The number of carbonyl (C=O) groups is 1. The Morgan fingerprint density at radius 3 is 2.88 bits per heavy atom. The molecule has 3 aromatic rings. The Hall–Kier alpha value is -2.73. The van der Waals surface area contributed by atoms with Gasteiger partial charge in [0.05, 0.1) is 23.4 Å². The van der Waals surface area contributed by atoms with Crippen molar-refractivity contribution in [3.8, 4) is 0 Å². The first kappa shape index (κ1) is 16.7. The van der Waals surface area contributed by atoms with Gasteiger partial charge in [0.25, 0.3) is 5.91 Å². The molecule has 2 N–H and O–H groups in total. The van der Waals surface area contributed by atoms with E-state index in [0.717, 1.165) is 12.0 Å². The van der Waals surface area contributed by atoms with Gasteiger partial charge < -0.3 is 15.2 Å². The van der Waals surface area contributed by atoms with E-state index in [4.69, 9.17) is 0 Å². The molecule has 1 aliphatic rings. The van der Waals surface area contributed by atoms with Crippen LogP contribution in [0.5, 0.6) is 0 Å². The second-order valence-corrected chi connectivity index (χ2v) is 6.57. The predicted molar refractivity (Wildman–Crippen MR) is 98.5 cm³/mol. The molecule has 4 rings (SSSR count). The molecule has 0 radical (unpaired) electrons. The molecule has 134 valence electrons. The third-order valence-corrected chi connectivity index (χ3v) is 5.00. The van der Waals surface area contributed by atoms with E-state index in [-0.39, 0.29) is 11.9 Å². The number of halogens is 1. The largest absolute Gasteiger partial charge is 0.344 e. The van der Waals surface area contributed by atoms with Gasteiger partial charge in [0.1, 0.15) is 11.3 Å². The third kappa shape index (κ3) is 2.97. The number of amides is 1. The number of aryl methyl sites for hydroxylation is 1. The van der Waals surface area contributed by atoms with E-state index in [1.807, 2.05) is 4.90 Å². The molecule has 26 heavy (non-hydrogen) atoms. The molecular formula is C20H21FN4O. The standard InChI is InChI=1S/C20H21FN4O/c1-2-13-3-5-14(6-4-13)18-11-22-7-8-25(18)20(26)16-9-15(21)10-17-19(16)24-12-23-17/h3-6,9-10,12,18,22H,2,7-8,11H2,1H3,(H,23,24). The fraction of sp³-hybridized carbons (Fsp3) is 0.300. The summed E-state index contributed by atoms with van der Waals surface area (Å²) in [6.07, 6.45) is 2.46. The molecule has 5 nitrogen and oxygen atoms in total. The number of rotatable bonds is 3. The van der Waals surface area contributed by atoms with Crippen LogP contribution in [-0.2, 0) is 6.42 Å². The number of fused-ring (bicyclic) bond motifs is 1. The number of aromatic nitrogens is 2. The van der Waals surface area contributed by atoms with Gasteiger partial charge in [-0.15, -0.1) is 0 Å². The van der Waals surface area contributed by atoms with Gasteiger partial charge in [-0.1, -0.05) is 31.2 Å². The van der Waals surface area contributed by atoms with Crippen molar-refractivity contribution in [2.45, 2.75) is 19.4 Å². The van der Waals surface area contributed by atoms with Crippen LogP contribution in [0.4, 0.5) is 4.39 Å². The van der Waals surface area contributed by atoms with Gasteiger partial charge in [0.2, 0.25) is 0 Å². The van der Waals surface area contributed by atoms with Gasteiger partial charge >= 0.3 is 0 Å². The van der Waals surface area contributed by atoms with E-state index >= 15 is 0 Å². The SMILES string of the molecule is CCc1ccc(C2CNCCN2C(=O)c2cc(F)cc3[nH]cnc23)cc1. The molecule has 1 fully saturated rings. The zero-order chi connectivity index (χ0) is 18.1. The first-order valence-electron chi connectivity index (χ1n) is 8.90. The van der Waals surface area contributed by atoms with Crippen molar-refractivity contribution in [3.63, 3.8) is 0 Å². The lowest BCUT2D eigenvalue weighted by molar-refractivity contribution is 0.0635. The Morgan fingerprint density at radius 2 is 2.12 bits per heavy atom. The Kier molecular flexibility index (Phi) is 4.42. The highest BCUT2D eigenvalue weighted by Crippen LogP contribution is 2.27. The molecule has 0 spiro atoms. The second-order valence-electron chi connectivity index (χ2n) is 6.57. The van der Waals surface area contributed by atoms with Gasteiger partial charge in [-0.05, 0) is 29.7 Å². The van der Waals surface area contributed by atoms with Gasteiger partial charge in [-0.3, -0.25) is 4.79 Å². The van der Waals surface area contributed by atoms with Crippen molar-refractivity contribution in [2.24, 2.45) is 0 Å². The van der Waals surface area contributed by atoms with E-state index in [9.17, 15) is 9.18 Å². The van der Waals surface area contributed by atoms with E-state index < -0.39 is 5.82 Å². The van der Waals surface area contributed by atoms with Crippen LogP contribution in [0.2, 0.25) is 0 Å². The van der Waals surface area contributed by atoms with Crippen LogP contribution >= 0.6 is 0 Å². The first-order valence-corrected chi connectivity index (χ1v) is 8.90. The van der Waals surface area contributed by atoms with E-state index in [1.165, 1.54) is 24.0 Å². The molecule has 6 heteroatoms. The molecule has 1 aromatic heterocycles. The van der Waals surface area contributed by atoms with Crippen LogP contribution in [0, 0.1) is 5.82 Å². The summed E-state index contributed by atoms with van der Waals surface area (Å²) in [5, 5.41) is 3.35. The maximum atomic E-state index is 14.0. The zero-order valence-electron chi connectivity index (χ0n) is 14.6. The van der Waals surface area contributed by atoms with Crippen molar-refractivity contribution in [1.29, 1.82) is 0 Å². The number of carbonyl (C=O) groups excluding carboxylic acids is 1. The van der Waals surface area contributed by atoms with E-state index in [1.54, 1.807) is 0 Å². The quantitative estimate of drug-likeness (QED) is 0.762. The summed E-state index contributed by atoms with van der Waals surface area (Å²) in [5.41, 5.74) is 3.69. The van der Waals surface area contributed by atoms with Crippen LogP contribution in [0.25, 0.3) is 11.0 Å². The third-order valence-electron chi connectivity index (χ3n) is 5.00. The molecule has 0 aliphatic carbocycles. The van der Waals surface area contributed by atoms with E-state index in [0.29, 0.717) is 36.2 Å². The molecular weight excluding hydrogens is 331 g/mol. The molecule has 1 amide bonds. The minimum absolute atomic E-state index is 0.0839. The summed E-state index contributed by atoms with van der Waals surface area (Å²) in [6, 6.07) is 10.9. The van der Waals surface area contributed by atoms with Gasteiger partial charge in [0, 0.05) is 19.6 Å². The molecule has 2 heterocycles. The van der Waals surface area contributed by atoms with Crippen LogP contribution in [0.3, 0.4) is 0 Å². The summed E-state index contributed by atoms with van der Waals surface area (Å²) in [6.45, 7) is 4.08. The molecule has 1 unspecified atom stereocenters. The summed E-state index contributed by atoms with van der Waals surface area (Å²) in [7, 11) is 0. The Bertz CT molecular complexity index is 935. The minimum atomic E-state index is -0.441. The van der Waals surface area contributed by atoms with Crippen LogP contribution in [0.15, 0.2) is 42.7 Å². The lowest BCUT2D eigenvalue weighted by Gasteiger charge is -2.36. The van der Waals surface area contributed by atoms with Crippen LogP contribution in [-0.4, -0.2) is 40.4 Å². The molecule has 2 aromatic carbocycles. The Labute approximate surface area is 151 Å². The highest BCUT2D eigenvalue weighted by molar-refractivity contribution is 6.05. The zero-order valence-corrected chi connectivity index (χ0v) is 14.6. The maximum absolute atomic E-state index is 14.0. The Morgan fingerprint density at radius 1 is 1.31 bits per heavy atom. The molecule has 0 bridgehead atoms. The summed E-state index contributed by atoms with van der Waals surface area (Å²) in [4.78, 5) is 22.2. The van der Waals surface area contributed by atoms with Crippen LogP contribution < -0.4 is 5.32 Å². The summed E-state index contributed by atoms with van der Waals surface area (Å²) in [5.74, 6) is -0.628. The topological polar surface area (TPSA) is 61.0 Å². The van der Waals surface area contributed by atoms with Crippen molar-refractivity contribution in [1.82, 2.24) is 20.2 Å². The predicted octanol–water partition coefficient (Wildman–Crippen LogP) is 3.05. The average molecular weight is 352 g/mol. The van der Waals surface area contributed by atoms with Gasteiger partial charge in [0.15, 0.2) is 0 Å². The highest BCUT2D eigenvalue weighted by Gasteiger charge is 2.30. The fourth-order valence-corrected chi connectivity index (χ4v) is 3.55. The van der Waals surface area contributed by atoms with Crippen molar-refractivity contribution in [2.75, 3.05) is 19.6 Å². The lowest BCUT2D eigenvalue weighted by Crippen LogP contribution is -2.48. The maximum Gasteiger partial charge on any atom is 0.256 e. The minimum Gasteiger partial charge on any atom is -0.344 e. The smallest absolute Gasteiger partial charge is 0.256 e. The average Bonchev–Trinajstić information content (AvgIpc) is 3.15. The summed E-state index contributed by atoms with van der Waals surface area (Å²) < 4.78 is 14.0. The van der Waals surface area contributed by atoms with Crippen LogP contribution in [0.1, 0.15) is 34.5 Å². The number of nitrogens with zero attached hydrogens (tertiary/aromatic N) is 2. The number of hydrogen-bond donors (Lipinski definition) is 2. The van der Waals surface area contributed by atoms with Crippen molar-refractivity contribution >= 4 is 16.9 Å². The lowest BCUT2D eigenvalue weighted by atomic mass is 9.99. The highest BCUT2D eigenvalue weighted by atomic mass is 19.1. The number of piperazine rings is 1. The molecule has 0 saturated carbocycles. The number of imidazole rings is 1.